The van der Waals surface area contributed by atoms with Crippen LogP contribution in [0.5, 0.6) is 0 Å². The van der Waals surface area contributed by atoms with Crippen LogP contribution in [0.4, 0.5) is 5.69 Å². The topological polar surface area (TPSA) is 27.0 Å². The van der Waals surface area contributed by atoms with Gasteiger partial charge in [-0.25, -0.2) is 0 Å². The van der Waals surface area contributed by atoms with Gasteiger partial charge in [0, 0.05) is 18.8 Å². The molecule has 0 spiro atoms. The van der Waals surface area contributed by atoms with Crippen molar-refractivity contribution in [3.05, 3.63) is 28.8 Å². The Bertz CT molecular complexity index is 436. The SMILES string of the molecule is CC1CCCN(c2ccc(C#N)c(Cl)c2)CC1. The number of halogens is 1. The van der Waals surface area contributed by atoms with E-state index in [2.05, 4.69) is 17.9 Å². The third-order valence-corrected chi connectivity index (χ3v) is 3.77. The Balaban J connectivity index is 2.17. The Morgan fingerprint density at radius 1 is 1.35 bits per heavy atom. The first-order valence-electron chi connectivity index (χ1n) is 6.15. The van der Waals surface area contributed by atoms with Gasteiger partial charge in [-0.15, -0.1) is 0 Å². The smallest absolute Gasteiger partial charge is 0.101 e. The van der Waals surface area contributed by atoms with Gasteiger partial charge in [0.05, 0.1) is 10.6 Å². The number of benzene rings is 1. The van der Waals surface area contributed by atoms with Crippen molar-refractivity contribution in [1.82, 2.24) is 0 Å². The molecule has 1 aliphatic heterocycles. The van der Waals surface area contributed by atoms with Gasteiger partial charge in [-0.3, -0.25) is 0 Å². The molecule has 1 fully saturated rings. The van der Waals surface area contributed by atoms with Crippen molar-refractivity contribution < 1.29 is 0 Å². The molecule has 1 saturated heterocycles. The third-order valence-electron chi connectivity index (χ3n) is 3.46. The summed E-state index contributed by atoms with van der Waals surface area (Å²) in [5, 5.41) is 9.41. The number of hydrogen-bond acceptors (Lipinski definition) is 2. The normalized spacial score (nSPS) is 20.8. The Morgan fingerprint density at radius 2 is 2.18 bits per heavy atom. The largest absolute Gasteiger partial charge is 0.371 e. The summed E-state index contributed by atoms with van der Waals surface area (Å²) in [7, 11) is 0. The van der Waals surface area contributed by atoms with Gasteiger partial charge < -0.3 is 4.90 Å². The molecule has 3 heteroatoms. The summed E-state index contributed by atoms with van der Waals surface area (Å²) in [5.74, 6) is 0.814. The molecule has 1 atom stereocenters. The van der Waals surface area contributed by atoms with E-state index in [1.165, 1.54) is 19.3 Å². The fourth-order valence-electron chi connectivity index (χ4n) is 2.31. The summed E-state index contributed by atoms with van der Waals surface area (Å²) in [6.45, 7) is 4.49. The Hall–Kier alpha value is -1.20. The van der Waals surface area contributed by atoms with Crippen LogP contribution in [0.2, 0.25) is 5.02 Å². The molecule has 0 saturated carbocycles. The lowest BCUT2D eigenvalue weighted by Crippen LogP contribution is -2.24. The standard InChI is InChI=1S/C14H17ClN2/c1-11-3-2-7-17(8-6-11)13-5-4-12(10-16)14(15)9-13/h4-5,9,11H,2-3,6-8H2,1H3. The van der Waals surface area contributed by atoms with Gasteiger partial charge >= 0.3 is 0 Å². The molecule has 0 aromatic heterocycles. The highest BCUT2D eigenvalue weighted by Crippen LogP contribution is 2.26. The summed E-state index contributed by atoms with van der Waals surface area (Å²) >= 11 is 6.07. The van der Waals surface area contributed by atoms with Crippen LogP contribution in [-0.2, 0) is 0 Å². The number of anilines is 1. The lowest BCUT2D eigenvalue weighted by atomic mass is 10.0. The highest BCUT2D eigenvalue weighted by atomic mass is 35.5. The minimum Gasteiger partial charge on any atom is -0.371 e. The monoisotopic (exact) mass is 248 g/mol. The van der Waals surface area contributed by atoms with Gasteiger partial charge in [-0.2, -0.15) is 5.26 Å². The molecule has 1 aliphatic rings. The molecule has 90 valence electrons. The molecule has 17 heavy (non-hydrogen) atoms. The first-order valence-corrected chi connectivity index (χ1v) is 6.53. The molecule has 2 nitrogen and oxygen atoms in total. The lowest BCUT2D eigenvalue weighted by molar-refractivity contribution is 0.521. The van der Waals surface area contributed by atoms with Crippen LogP contribution in [0.1, 0.15) is 31.7 Å². The van der Waals surface area contributed by atoms with E-state index in [0.29, 0.717) is 10.6 Å². The Labute approximate surface area is 108 Å². The highest BCUT2D eigenvalue weighted by Gasteiger charge is 2.14. The fourth-order valence-corrected chi connectivity index (χ4v) is 2.53. The quantitative estimate of drug-likeness (QED) is 0.755. The molecule has 1 heterocycles. The molecular weight excluding hydrogens is 232 g/mol. The second kappa shape index (κ2) is 5.42. The van der Waals surface area contributed by atoms with E-state index < -0.39 is 0 Å². The van der Waals surface area contributed by atoms with Gasteiger partial charge in [-0.1, -0.05) is 18.5 Å². The average Bonchev–Trinajstić information content (AvgIpc) is 2.54. The predicted octanol–water partition coefficient (Wildman–Crippen LogP) is 3.84. The maximum atomic E-state index is 8.85. The van der Waals surface area contributed by atoms with E-state index in [-0.39, 0.29) is 0 Å². The van der Waals surface area contributed by atoms with Crippen LogP contribution in [0.25, 0.3) is 0 Å². The highest BCUT2D eigenvalue weighted by molar-refractivity contribution is 6.32. The molecule has 1 aromatic carbocycles. The molecule has 1 aromatic rings. The van der Waals surface area contributed by atoms with E-state index >= 15 is 0 Å². The third kappa shape index (κ3) is 2.92. The van der Waals surface area contributed by atoms with E-state index in [1.54, 1.807) is 0 Å². The number of rotatable bonds is 1. The first kappa shape index (κ1) is 12.3. The number of nitrogens with zero attached hydrogens (tertiary/aromatic N) is 2. The average molecular weight is 249 g/mol. The summed E-state index contributed by atoms with van der Waals surface area (Å²) in [4.78, 5) is 2.37. The van der Waals surface area contributed by atoms with E-state index in [4.69, 9.17) is 16.9 Å². The molecular formula is C14H17ClN2. The fraction of sp³-hybridized carbons (Fsp3) is 0.500. The van der Waals surface area contributed by atoms with E-state index in [1.807, 2.05) is 18.2 Å². The zero-order chi connectivity index (χ0) is 12.3. The molecule has 2 rings (SSSR count). The van der Waals surface area contributed by atoms with Crippen molar-refractivity contribution in [2.75, 3.05) is 18.0 Å². The molecule has 0 amide bonds. The van der Waals surface area contributed by atoms with E-state index in [9.17, 15) is 0 Å². The zero-order valence-electron chi connectivity index (χ0n) is 10.1. The molecule has 0 radical (unpaired) electrons. The maximum absolute atomic E-state index is 8.85. The van der Waals surface area contributed by atoms with Gasteiger partial charge in [-0.05, 0) is 43.4 Å². The number of nitriles is 1. The van der Waals surface area contributed by atoms with Crippen LogP contribution in [-0.4, -0.2) is 13.1 Å². The summed E-state index contributed by atoms with van der Waals surface area (Å²) < 4.78 is 0. The molecule has 0 bridgehead atoms. The van der Waals surface area contributed by atoms with Gasteiger partial charge in [0.25, 0.3) is 0 Å². The molecule has 0 N–H and O–H groups in total. The Morgan fingerprint density at radius 3 is 2.88 bits per heavy atom. The van der Waals surface area contributed by atoms with Crippen molar-refractivity contribution in [3.8, 4) is 6.07 Å². The van der Waals surface area contributed by atoms with Crippen LogP contribution < -0.4 is 4.90 Å². The Kier molecular flexibility index (Phi) is 3.91. The van der Waals surface area contributed by atoms with Gasteiger partial charge in [0.1, 0.15) is 6.07 Å². The van der Waals surface area contributed by atoms with Crippen LogP contribution in [0.3, 0.4) is 0 Å². The van der Waals surface area contributed by atoms with Gasteiger partial charge in [0.2, 0.25) is 0 Å². The summed E-state index contributed by atoms with van der Waals surface area (Å²) in [6.07, 6.45) is 3.77. The van der Waals surface area contributed by atoms with Crippen molar-refractivity contribution in [3.63, 3.8) is 0 Å². The first-order chi connectivity index (χ1) is 8.20. The van der Waals surface area contributed by atoms with E-state index in [0.717, 1.165) is 24.7 Å². The zero-order valence-corrected chi connectivity index (χ0v) is 10.9. The predicted molar refractivity (Wildman–Crippen MR) is 71.4 cm³/mol. The van der Waals surface area contributed by atoms with Crippen LogP contribution in [0, 0.1) is 17.2 Å². The summed E-state index contributed by atoms with van der Waals surface area (Å²) in [6, 6.07) is 7.82. The van der Waals surface area contributed by atoms with Gasteiger partial charge in [0.15, 0.2) is 0 Å². The minimum absolute atomic E-state index is 0.554. The maximum Gasteiger partial charge on any atom is 0.101 e. The van der Waals surface area contributed by atoms with Crippen LogP contribution >= 0.6 is 11.6 Å². The van der Waals surface area contributed by atoms with Crippen molar-refractivity contribution >= 4 is 17.3 Å². The second-order valence-electron chi connectivity index (χ2n) is 4.80. The van der Waals surface area contributed by atoms with Crippen LogP contribution in [0.15, 0.2) is 18.2 Å². The minimum atomic E-state index is 0.554. The van der Waals surface area contributed by atoms with Crippen molar-refractivity contribution in [2.45, 2.75) is 26.2 Å². The molecule has 1 unspecified atom stereocenters. The van der Waals surface area contributed by atoms with Crippen molar-refractivity contribution in [1.29, 1.82) is 5.26 Å². The summed E-state index contributed by atoms with van der Waals surface area (Å²) in [5.41, 5.74) is 1.70. The van der Waals surface area contributed by atoms with Crippen molar-refractivity contribution in [2.24, 2.45) is 5.92 Å². The molecule has 0 aliphatic carbocycles. The number of hydrogen-bond donors (Lipinski definition) is 0. The lowest BCUT2D eigenvalue weighted by Gasteiger charge is -2.23. The second-order valence-corrected chi connectivity index (χ2v) is 5.21.